The van der Waals surface area contributed by atoms with Gasteiger partial charge in [0, 0.05) is 25.6 Å². The van der Waals surface area contributed by atoms with Gasteiger partial charge in [-0.15, -0.1) is 0 Å². The van der Waals surface area contributed by atoms with Gasteiger partial charge >= 0.3 is 0 Å². The summed E-state index contributed by atoms with van der Waals surface area (Å²) in [5.41, 5.74) is 0. The molecule has 1 N–H and O–H groups in total. The maximum absolute atomic E-state index is 12.1. The van der Waals surface area contributed by atoms with E-state index in [1.807, 2.05) is 0 Å². The minimum absolute atomic E-state index is 0.347. The lowest BCUT2D eigenvalue weighted by Crippen LogP contribution is -2.49. The summed E-state index contributed by atoms with van der Waals surface area (Å²) in [6, 6.07) is 0.537. The quantitative estimate of drug-likeness (QED) is 0.815. The van der Waals surface area contributed by atoms with E-state index in [1.165, 1.54) is 25.7 Å². The fourth-order valence-corrected chi connectivity index (χ4v) is 2.88. The van der Waals surface area contributed by atoms with Crippen LogP contribution in [0, 0.1) is 11.8 Å². The van der Waals surface area contributed by atoms with Crippen molar-refractivity contribution in [3.05, 3.63) is 0 Å². The second-order valence-corrected chi connectivity index (χ2v) is 6.48. The number of nitrogens with zero attached hydrogens (tertiary/aromatic N) is 1. The number of carbonyl (C=O) groups is 1. The standard InChI is InChI=1S/C15H28N2O/c1-12(2)9-15(18)17-8-4-7-14(11-17)16-10-13-5-3-6-13/h12-14,16H,3-11H2,1-2H3. The highest BCUT2D eigenvalue weighted by Crippen LogP contribution is 2.25. The summed E-state index contributed by atoms with van der Waals surface area (Å²) in [7, 11) is 0. The summed E-state index contributed by atoms with van der Waals surface area (Å²) in [6.07, 6.45) is 7.31. The van der Waals surface area contributed by atoms with Gasteiger partial charge in [0.05, 0.1) is 0 Å². The molecule has 18 heavy (non-hydrogen) atoms. The third kappa shape index (κ3) is 3.98. The second-order valence-electron chi connectivity index (χ2n) is 6.48. The van der Waals surface area contributed by atoms with Gasteiger partial charge in [-0.25, -0.2) is 0 Å². The van der Waals surface area contributed by atoms with Gasteiger partial charge in [-0.05, 0) is 44.1 Å². The molecule has 0 aromatic carbocycles. The molecule has 1 heterocycles. The molecule has 0 aromatic rings. The molecule has 1 saturated carbocycles. The van der Waals surface area contributed by atoms with Gasteiger partial charge in [-0.1, -0.05) is 20.3 Å². The van der Waals surface area contributed by atoms with Crippen LogP contribution in [0.2, 0.25) is 0 Å². The maximum atomic E-state index is 12.1. The van der Waals surface area contributed by atoms with Crippen LogP contribution in [-0.2, 0) is 4.79 Å². The van der Waals surface area contributed by atoms with Gasteiger partial charge in [0.25, 0.3) is 0 Å². The first-order chi connectivity index (χ1) is 8.65. The summed E-state index contributed by atoms with van der Waals surface area (Å²) in [6.45, 7) is 7.30. The van der Waals surface area contributed by atoms with Crippen molar-refractivity contribution in [3.8, 4) is 0 Å². The number of amides is 1. The van der Waals surface area contributed by atoms with E-state index in [-0.39, 0.29) is 0 Å². The lowest BCUT2D eigenvalue weighted by atomic mass is 9.85. The average Bonchev–Trinajstić information content (AvgIpc) is 2.26. The van der Waals surface area contributed by atoms with Crippen LogP contribution in [0.4, 0.5) is 0 Å². The van der Waals surface area contributed by atoms with E-state index in [0.717, 1.165) is 32.0 Å². The van der Waals surface area contributed by atoms with E-state index in [4.69, 9.17) is 0 Å². The van der Waals surface area contributed by atoms with E-state index in [9.17, 15) is 4.79 Å². The summed E-state index contributed by atoms with van der Waals surface area (Å²) in [5.74, 6) is 1.73. The zero-order chi connectivity index (χ0) is 13.0. The van der Waals surface area contributed by atoms with Gasteiger partial charge in [-0.3, -0.25) is 4.79 Å². The molecule has 2 fully saturated rings. The summed E-state index contributed by atoms with van der Waals surface area (Å²) >= 11 is 0. The lowest BCUT2D eigenvalue weighted by Gasteiger charge is -2.35. The van der Waals surface area contributed by atoms with Crippen molar-refractivity contribution >= 4 is 5.91 Å². The first-order valence-corrected chi connectivity index (χ1v) is 7.66. The molecule has 1 amide bonds. The Bertz CT molecular complexity index is 274. The van der Waals surface area contributed by atoms with Crippen LogP contribution in [0.15, 0.2) is 0 Å². The molecule has 3 heteroatoms. The Morgan fingerprint density at radius 1 is 1.28 bits per heavy atom. The summed E-state index contributed by atoms with van der Waals surface area (Å²) in [5, 5.41) is 3.67. The smallest absolute Gasteiger partial charge is 0.222 e. The van der Waals surface area contributed by atoms with Crippen molar-refractivity contribution in [2.75, 3.05) is 19.6 Å². The highest BCUT2D eigenvalue weighted by Gasteiger charge is 2.25. The number of piperidine rings is 1. The molecule has 0 radical (unpaired) electrons. The van der Waals surface area contributed by atoms with Gasteiger partial charge in [0.1, 0.15) is 0 Å². The summed E-state index contributed by atoms with van der Waals surface area (Å²) in [4.78, 5) is 14.1. The summed E-state index contributed by atoms with van der Waals surface area (Å²) < 4.78 is 0. The second kappa shape index (κ2) is 6.55. The highest BCUT2D eigenvalue weighted by atomic mass is 16.2. The van der Waals surface area contributed by atoms with Crippen LogP contribution in [0.1, 0.15) is 52.4 Å². The number of nitrogens with one attached hydrogen (secondary N) is 1. The van der Waals surface area contributed by atoms with Crippen molar-refractivity contribution in [2.24, 2.45) is 11.8 Å². The molecule has 1 unspecified atom stereocenters. The Balaban J connectivity index is 1.71. The molecule has 1 aliphatic heterocycles. The van der Waals surface area contributed by atoms with Crippen LogP contribution in [0.3, 0.4) is 0 Å². The Morgan fingerprint density at radius 3 is 2.67 bits per heavy atom. The van der Waals surface area contributed by atoms with E-state index >= 15 is 0 Å². The zero-order valence-electron chi connectivity index (χ0n) is 12.0. The van der Waals surface area contributed by atoms with Crippen LogP contribution in [0.25, 0.3) is 0 Å². The Kier molecular flexibility index (Phi) is 5.04. The third-order valence-electron chi connectivity index (χ3n) is 4.28. The predicted octanol–water partition coefficient (Wildman–Crippen LogP) is 2.41. The molecule has 0 bridgehead atoms. The number of hydrogen-bond donors (Lipinski definition) is 1. The molecule has 2 aliphatic rings. The molecule has 0 spiro atoms. The Labute approximate surface area is 111 Å². The Morgan fingerprint density at radius 2 is 2.06 bits per heavy atom. The fraction of sp³-hybridized carbons (Fsp3) is 0.933. The van der Waals surface area contributed by atoms with Gasteiger partial charge < -0.3 is 10.2 Å². The largest absolute Gasteiger partial charge is 0.341 e. The molecular formula is C15H28N2O. The van der Waals surface area contributed by atoms with E-state index in [0.29, 0.717) is 24.3 Å². The third-order valence-corrected chi connectivity index (χ3v) is 4.28. The lowest BCUT2D eigenvalue weighted by molar-refractivity contribution is -0.133. The van der Waals surface area contributed by atoms with Gasteiger partial charge in [0.2, 0.25) is 5.91 Å². The van der Waals surface area contributed by atoms with Crippen molar-refractivity contribution in [1.82, 2.24) is 10.2 Å². The molecule has 2 rings (SSSR count). The molecule has 1 atom stereocenters. The van der Waals surface area contributed by atoms with Crippen molar-refractivity contribution < 1.29 is 4.79 Å². The fourth-order valence-electron chi connectivity index (χ4n) is 2.88. The van der Waals surface area contributed by atoms with Crippen LogP contribution in [0.5, 0.6) is 0 Å². The molecule has 1 aliphatic carbocycles. The molecule has 0 aromatic heterocycles. The predicted molar refractivity (Wildman–Crippen MR) is 74.4 cm³/mol. The number of likely N-dealkylation sites (tertiary alicyclic amines) is 1. The van der Waals surface area contributed by atoms with Crippen molar-refractivity contribution in [3.63, 3.8) is 0 Å². The SMILES string of the molecule is CC(C)CC(=O)N1CCCC(NCC2CCC2)C1. The zero-order valence-corrected chi connectivity index (χ0v) is 12.0. The molecule has 1 saturated heterocycles. The van der Waals surface area contributed by atoms with Crippen molar-refractivity contribution in [1.29, 1.82) is 0 Å². The highest BCUT2D eigenvalue weighted by molar-refractivity contribution is 5.76. The monoisotopic (exact) mass is 252 g/mol. The van der Waals surface area contributed by atoms with E-state index < -0.39 is 0 Å². The Hall–Kier alpha value is -0.570. The van der Waals surface area contributed by atoms with Crippen molar-refractivity contribution in [2.45, 2.75) is 58.4 Å². The molecule has 3 nitrogen and oxygen atoms in total. The maximum Gasteiger partial charge on any atom is 0.222 e. The van der Waals surface area contributed by atoms with Crippen LogP contribution < -0.4 is 5.32 Å². The first-order valence-electron chi connectivity index (χ1n) is 7.66. The normalized spacial score (nSPS) is 25.3. The van der Waals surface area contributed by atoms with Gasteiger partial charge in [-0.2, -0.15) is 0 Å². The minimum Gasteiger partial charge on any atom is -0.341 e. The molecular weight excluding hydrogens is 224 g/mol. The first kappa shape index (κ1) is 13.9. The minimum atomic E-state index is 0.347. The van der Waals surface area contributed by atoms with E-state index in [2.05, 4.69) is 24.1 Å². The average molecular weight is 252 g/mol. The number of rotatable bonds is 5. The van der Waals surface area contributed by atoms with E-state index in [1.54, 1.807) is 0 Å². The van der Waals surface area contributed by atoms with Crippen LogP contribution >= 0.6 is 0 Å². The van der Waals surface area contributed by atoms with Crippen LogP contribution in [-0.4, -0.2) is 36.5 Å². The molecule has 104 valence electrons. The number of carbonyl (C=O) groups excluding carboxylic acids is 1. The van der Waals surface area contributed by atoms with Gasteiger partial charge in [0.15, 0.2) is 0 Å². The topological polar surface area (TPSA) is 32.3 Å². The number of hydrogen-bond acceptors (Lipinski definition) is 2.